The van der Waals surface area contributed by atoms with E-state index in [-0.39, 0.29) is 27.8 Å². The Morgan fingerprint density at radius 3 is 2.46 bits per heavy atom. The zero-order valence-corrected chi connectivity index (χ0v) is 15.4. The molecule has 0 fully saturated rings. The number of fused-ring (bicyclic) bond motifs is 1. The smallest absolute Gasteiger partial charge is 0.263 e. The molecule has 0 aliphatic heterocycles. The summed E-state index contributed by atoms with van der Waals surface area (Å²) in [5, 5.41) is 6.92. The van der Waals surface area contributed by atoms with E-state index in [2.05, 4.69) is 20.1 Å². The molecule has 0 bridgehead atoms. The molecule has 1 amide bonds. The largest absolute Gasteiger partial charge is 0.347 e. The van der Waals surface area contributed by atoms with Crippen LogP contribution in [0.5, 0.6) is 0 Å². The summed E-state index contributed by atoms with van der Waals surface area (Å²) in [6, 6.07) is 9.46. The van der Waals surface area contributed by atoms with E-state index >= 15 is 0 Å². The first-order chi connectivity index (χ1) is 12.2. The number of nitrogens with zero attached hydrogens (tertiary/aromatic N) is 3. The number of rotatable bonds is 4. The van der Waals surface area contributed by atoms with Crippen LogP contribution < -0.4 is 10.0 Å². The normalized spacial score (nSPS) is 12.1. The Morgan fingerprint density at radius 1 is 1.12 bits per heavy atom. The van der Waals surface area contributed by atoms with E-state index in [1.165, 1.54) is 28.9 Å². The van der Waals surface area contributed by atoms with Gasteiger partial charge in [-0.2, -0.15) is 5.10 Å². The van der Waals surface area contributed by atoms with Crippen LogP contribution in [0.1, 0.15) is 31.1 Å². The molecule has 2 N–H and O–H groups in total. The Bertz CT molecular complexity index is 1050. The van der Waals surface area contributed by atoms with Crippen LogP contribution in [0.2, 0.25) is 0 Å². The van der Waals surface area contributed by atoms with Gasteiger partial charge >= 0.3 is 0 Å². The lowest BCUT2D eigenvalue weighted by Crippen LogP contribution is -2.40. The maximum atomic E-state index is 12.4. The van der Waals surface area contributed by atoms with Crippen molar-refractivity contribution < 1.29 is 13.2 Å². The second-order valence-electron chi connectivity index (χ2n) is 6.76. The van der Waals surface area contributed by atoms with Gasteiger partial charge < -0.3 is 5.32 Å². The molecule has 9 heteroatoms. The standard InChI is InChI=1S/C17H19N5O3S/c1-17(2,3)20-16(23)13-11-18-22-10-9-14(19-15(13)22)21-26(24,25)12-7-5-4-6-8-12/h4-11H,1-3H3,(H,19,21)(H,20,23). The van der Waals surface area contributed by atoms with Crippen molar-refractivity contribution >= 4 is 27.4 Å². The number of carbonyl (C=O) groups is 1. The van der Waals surface area contributed by atoms with Crippen LogP contribution in [0.4, 0.5) is 5.82 Å². The van der Waals surface area contributed by atoms with Crippen molar-refractivity contribution in [3.8, 4) is 0 Å². The van der Waals surface area contributed by atoms with Crippen molar-refractivity contribution in [1.82, 2.24) is 19.9 Å². The zero-order valence-electron chi connectivity index (χ0n) is 14.6. The minimum Gasteiger partial charge on any atom is -0.347 e. The number of hydrogen-bond acceptors (Lipinski definition) is 5. The molecule has 0 saturated heterocycles. The minimum absolute atomic E-state index is 0.103. The Labute approximate surface area is 151 Å². The summed E-state index contributed by atoms with van der Waals surface area (Å²) in [6.45, 7) is 5.59. The van der Waals surface area contributed by atoms with Gasteiger partial charge in [0.15, 0.2) is 5.65 Å². The molecule has 136 valence electrons. The van der Waals surface area contributed by atoms with E-state index in [0.717, 1.165) is 0 Å². The fourth-order valence-electron chi connectivity index (χ4n) is 2.29. The van der Waals surface area contributed by atoms with Crippen molar-refractivity contribution in [3.05, 3.63) is 54.4 Å². The van der Waals surface area contributed by atoms with Crippen molar-refractivity contribution in [2.24, 2.45) is 0 Å². The van der Waals surface area contributed by atoms with Crippen molar-refractivity contribution in [1.29, 1.82) is 0 Å². The highest BCUT2D eigenvalue weighted by Crippen LogP contribution is 2.17. The highest BCUT2D eigenvalue weighted by molar-refractivity contribution is 7.92. The molecule has 2 aromatic heterocycles. The third-order valence-electron chi connectivity index (χ3n) is 3.39. The van der Waals surface area contributed by atoms with Crippen LogP contribution in [0.15, 0.2) is 53.7 Å². The fourth-order valence-corrected chi connectivity index (χ4v) is 3.31. The molecular weight excluding hydrogens is 354 g/mol. The maximum Gasteiger partial charge on any atom is 0.263 e. The molecule has 0 radical (unpaired) electrons. The highest BCUT2D eigenvalue weighted by Gasteiger charge is 2.21. The molecule has 3 rings (SSSR count). The lowest BCUT2D eigenvalue weighted by molar-refractivity contribution is 0.0921. The number of benzene rings is 1. The average molecular weight is 373 g/mol. The summed E-state index contributed by atoms with van der Waals surface area (Å²) in [6.07, 6.45) is 2.94. The number of sulfonamides is 1. The molecule has 1 aromatic carbocycles. The zero-order chi connectivity index (χ0) is 18.9. The molecule has 26 heavy (non-hydrogen) atoms. The van der Waals surface area contributed by atoms with Crippen LogP contribution >= 0.6 is 0 Å². The van der Waals surface area contributed by atoms with Crippen LogP contribution in [0.25, 0.3) is 5.65 Å². The first-order valence-corrected chi connectivity index (χ1v) is 9.39. The van der Waals surface area contributed by atoms with Gasteiger partial charge in [0.25, 0.3) is 15.9 Å². The Balaban J connectivity index is 1.94. The number of hydrogen-bond donors (Lipinski definition) is 2. The van der Waals surface area contributed by atoms with Crippen LogP contribution in [-0.4, -0.2) is 34.5 Å². The highest BCUT2D eigenvalue weighted by atomic mass is 32.2. The maximum absolute atomic E-state index is 12.4. The van der Waals surface area contributed by atoms with E-state index in [4.69, 9.17) is 0 Å². The van der Waals surface area contributed by atoms with Gasteiger partial charge in [0.1, 0.15) is 11.4 Å². The van der Waals surface area contributed by atoms with E-state index in [9.17, 15) is 13.2 Å². The molecule has 0 atom stereocenters. The van der Waals surface area contributed by atoms with E-state index < -0.39 is 15.6 Å². The van der Waals surface area contributed by atoms with Crippen molar-refractivity contribution in [2.75, 3.05) is 4.72 Å². The third kappa shape index (κ3) is 3.83. The average Bonchev–Trinajstić information content (AvgIpc) is 2.97. The topological polar surface area (TPSA) is 105 Å². The van der Waals surface area contributed by atoms with Gasteiger partial charge in [-0.1, -0.05) is 18.2 Å². The van der Waals surface area contributed by atoms with Gasteiger partial charge in [0.05, 0.1) is 11.1 Å². The first-order valence-electron chi connectivity index (χ1n) is 7.90. The number of amides is 1. The molecule has 0 saturated carbocycles. The van der Waals surface area contributed by atoms with Crippen molar-refractivity contribution in [2.45, 2.75) is 31.2 Å². The molecule has 0 unspecified atom stereocenters. The third-order valence-corrected chi connectivity index (χ3v) is 4.77. The molecule has 0 aliphatic carbocycles. The Hall–Kier alpha value is -2.94. The summed E-state index contributed by atoms with van der Waals surface area (Å²) < 4.78 is 28.7. The predicted molar refractivity (Wildman–Crippen MR) is 97.5 cm³/mol. The SMILES string of the molecule is CC(C)(C)NC(=O)c1cnn2ccc(NS(=O)(=O)c3ccccc3)nc12. The molecule has 0 aliphatic rings. The van der Waals surface area contributed by atoms with Crippen LogP contribution in [0.3, 0.4) is 0 Å². The monoisotopic (exact) mass is 373 g/mol. The summed E-state index contributed by atoms with van der Waals surface area (Å²) in [5.74, 6) is -0.227. The Kier molecular flexibility index (Phi) is 4.41. The summed E-state index contributed by atoms with van der Waals surface area (Å²) in [7, 11) is -3.77. The second-order valence-corrected chi connectivity index (χ2v) is 8.44. The minimum atomic E-state index is -3.77. The molecular formula is C17H19N5O3S. The van der Waals surface area contributed by atoms with Crippen molar-refractivity contribution in [3.63, 3.8) is 0 Å². The first kappa shape index (κ1) is 17.9. The molecule has 8 nitrogen and oxygen atoms in total. The van der Waals surface area contributed by atoms with Gasteiger partial charge in [-0.25, -0.2) is 17.9 Å². The van der Waals surface area contributed by atoms with Gasteiger partial charge in [0.2, 0.25) is 0 Å². The van der Waals surface area contributed by atoms with Gasteiger partial charge in [-0.3, -0.25) is 9.52 Å². The summed E-state index contributed by atoms with van der Waals surface area (Å²) >= 11 is 0. The van der Waals surface area contributed by atoms with E-state index in [1.54, 1.807) is 24.4 Å². The Morgan fingerprint density at radius 2 is 1.81 bits per heavy atom. The second kappa shape index (κ2) is 6.41. The quantitative estimate of drug-likeness (QED) is 0.728. The molecule has 3 aromatic rings. The lowest BCUT2D eigenvalue weighted by Gasteiger charge is -2.19. The van der Waals surface area contributed by atoms with Crippen LogP contribution in [-0.2, 0) is 10.0 Å². The van der Waals surface area contributed by atoms with Gasteiger partial charge in [-0.05, 0) is 39.0 Å². The summed E-state index contributed by atoms with van der Waals surface area (Å²) in [5.41, 5.74) is 0.110. The van der Waals surface area contributed by atoms with Gasteiger partial charge in [-0.15, -0.1) is 0 Å². The number of aromatic nitrogens is 3. The molecule has 0 spiro atoms. The van der Waals surface area contributed by atoms with Crippen LogP contribution in [0, 0.1) is 0 Å². The number of nitrogens with one attached hydrogen (secondary N) is 2. The lowest BCUT2D eigenvalue weighted by atomic mass is 10.1. The van der Waals surface area contributed by atoms with E-state index in [0.29, 0.717) is 0 Å². The molecule has 2 heterocycles. The van der Waals surface area contributed by atoms with E-state index in [1.807, 2.05) is 20.8 Å². The fraction of sp³-hybridized carbons (Fsp3) is 0.235. The number of anilines is 1. The predicted octanol–water partition coefficient (Wildman–Crippen LogP) is 2.06. The number of carbonyl (C=O) groups excluding carboxylic acids is 1. The van der Waals surface area contributed by atoms with Gasteiger partial charge in [0, 0.05) is 11.7 Å². The summed E-state index contributed by atoms with van der Waals surface area (Å²) in [4.78, 5) is 16.8.